The maximum atomic E-state index is 13.9. The number of carbonyl (C=O) groups is 1. The average molecular weight is 565 g/mol. The Morgan fingerprint density at radius 1 is 1.18 bits per heavy atom. The zero-order chi connectivity index (χ0) is 27.8. The summed E-state index contributed by atoms with van der Waals surface area (Å²) in [5, 5.41) is 11.4. The smallest absolute Gasteiger partial charge is 0.338 e. The molecule has 39 heavy (non-hydrogen) atoms. The molecule has 1 atom stereocenters. The molecule has 1 aliphatic rings. The lowest BCUT2D eigenvalue weighted by Gasteiger charge is -2.25. The van der Waals surface area contributed by atoms with Gasteiger partial charge in [-0.25, -0.2) is 9.79 Å². The first kappa shape index (κ1) is 26.1. The SMILES string of the molecule is COC(=O)C1=C(C)N=c2s/c(=C\c3cccn3-c3ccc([N+](=O)[O-])cc3)c(=O)n2[C@H]1c1cc(Cl)ccc1OC. The number of esters is 1. The van der Waals surface area contributed by atoms with Gasteiger partial charge >= 0.3 is 5.97 Å². The van der Waals surface area contributed by atoms with Gasteiger partial charge in [0.1, 0.15) is 11.8 Å². The van der Waals surface area contributed by atoms with E-state index in [2.05, 4.69) is 4.99 Å². The van der Waals surface area contributed by atoms with Gasteiger partial charge in [0.2, 0.25) is 0 Å². The third-order valence-electron chi connectivity index (χ3n) is 6.31. The quantitative estimate of drug-likeness (QED) is 0.200. The molecule has 2 aromatic carbocycles. The molecular formula is C27H21ClN4O6S. The molecule has 0 saturated heterocycles. The zero-order valence-electron chi connectivity index (χ0n) is 21.0. The molecule has 0 saturated carbocycles. The number of nitro benzene ring substituents is 1. The van der Waals surface area contributed by atoms with Crippen molar-refractivity contribution in [1.29, 1.82) is 0 Å². The van der Waals surface area contributed by atoms with Crippen molar-refractivity contribution in [2.75, 3.05) is 14.2 Å². The second-order valence-electron chi connectivity index (χ2n) is 8.54. The lowest BCUT2D eigenvalue weighted by atomic mass is 9.95. The summed E-state index contributed by atoms with van der Waals surface area (Å²) >= 11 is 7.50. The summed E-state index contributed by atoms with van der Waals surface area (Å²) in [7, 11) is 2.77. The Bertz CT molecular complexity index is 1830. The van der Waals surface area contributed by atoms with Crippen LogP contribution in [0.2, 0.25) is 5.02 Å². The largest absolute Gasteiger partial charge is 0.496 e. The number of benzene rings is 2. The standard InChI is InChI=1S/C27H21ClN4O6S/c1-15-23(26(34)38-3)24(20-13-16(28)6-11-21(20)37-2)31-25(33)22(39-27(31)29-15)14-19-5-4-12-30(19)17-7-9-18(10-8-17)32(35)36/h4-14,24H,1-3H3/b22-14-/t24-/m0/s1. The average Bonchev–Trinajstić information content (AvgIpc) is 3.51. The minimum Gasteiger partial charge on any atom is -0.496 e. The predicted octanol–water partition coefficient (Wildman–Crippen LogP) is 3.77. The first-order valence-corrected chi connectivity index (χ1v) is 12.8. The van der Waals surface area contributed by atoms with Gasteiger partial charge in [-0.05, 0) is 55.5 Å². The van der Waals surface area contributed by atoms with Crippen molar-refractivity contribution in [3.8, 4) is 11.4 Å². The van der Waals surface area contributed by atoms with Crippen molar-refractivity contribution in [3.63, 3.8) is 0 Å². The molecule has 3 heterocycles. The van der Waals surface area contributed by atoms with Crippen LogP contribution in [0.3, 0.4) is 0 Å². The summed E-state index contributed by atoms with van der Waals surface area (Å²) in [6.45, 7) is 1.69. The summed E-state index contributed by atoms with van der Waals surface area (Å²) in [6, 6.07) is 13.8. The van der Waals surface area contributed by atoms with Gasteiger partial charge in [0.05, 0.1) is 34.9 Å². The van der Waals surface area contributed by atoms with E-state index in [1.54, 1.807) is 49.5 Å². The second-order valence-corrected chi connectivity index (χ2v) is 9.98. The van der Waals surface area contributed by atoms with E-state index >= 15 is 0 Å². The minimum atomic E-state index is -0.883. The van der Waals surface area contributed by atoms with Crippen LogP contribution in [-0.4, -0.2) is 34.2 Å². The van der Waals surface area contributed by atoms with E-state index in [4.69, 9.17) is 21.1 Å². The Labute approximate surface area is 230 Å². The Morgan fingerprint density at radius 2 is 1.92 bits per heavy atom. The van der Waals surface area contributed by atoms with Crippen LogP contribution in [0.5, 0.6) is 5.75 Å². The van der Waals surface area contributed by atoms with E-state index in [-0.39, 0.29) is 16.8 Å². The van der Waals surface area contributed by atoms with E-state index in [1.807, 2.05) is 16.7 Å². The summed E-state index contributed by atoms with van der Waals surface area (Å²) in [5.74, 6) is -0.174. The number of methoxy groups -OCH3 is 2. The Hall–Kier alpha value is -4.48. The van der Waals surface area contributed by atoms with Crippen LogP contribution in [0.25, 0.3) is 11.8 Å². The molecule has 0 spiro atoms. The molecule has 0 N–H and O–H groups in total. The van der Waals surface area contributed by atoms with Crippen molar-refractivity contribution in [1.82, 2.24) is 9.13 Å². The van der Waals surface area contributed by atoms with E-state index in [1.165, 1.54) is 42.3 Å². The van der Waals surface area contributed by atoms with Gasteiger partial charge < -0.3 is 14.0 Å². The highest BCUT2D eigenvalue weighted by atomic mass is 35.5. The highest BCUT2D eigenvalue weighted by molar-refractivity contribution is 7.07. The number of fused-ring (bicyclic) bond motifs is 1. The number of halogens is 1. The molecule has 1 aliphatic heterocycles. The maximum Gasteiger partial charge on any atom is 0.338 e. The molecule has 4 aromatic rings. The number of thiazole rings is 1. The number of rotatable bonds is 6. The Morgan fingerprint density at radius 3 is 2.59 bits per heavy atom. The van der Waals surface area contributed by atoms with Gasteiger partial charge in [-0.15, -0.1) is 0 Å². The molecule has 0 radical (unpaired) electrons. The fourth-order valence-electron chi connectivity index (χ4n) is 4.52. The monoisotopic (exact) mass is 564 g/mol. The van der Waals surface area contributed by atoms with E-state index in [9.17, 15) is 19.7 Å². The third-order valence-corrected chi connectivity index (χ3v) is 7.53. The van der Waals surface area contributed by atoms with Gasteiger partial charge in [0.15, 0.2) is 4.80 Å². The number of carbonyl (C=O) groups excluding carboxylic acids is 1. The van der Waals surface area contributed by atoms with Gasteiger partial charge in [0, 0.05) is 40.3 Å². The van der Waals surface area contributed by atoms with Crippen molar-refractivity contribution in [2.45, 2.75) is 13.0 Å². The Balaban J connectivity index is 1.70. The molecule has 2 aromatic heterocycles. The number of hydrogen-bond acceptors (Lipinski definition) is 8. The van der Waals surface area contributed by atoms with Gasteiger partial charge in [-0.3, -0.25) is 19.5 Å². The van der Waals surface area contributed by atoms with Crippen molar-refractivity contribution in [3.05, 3.63) is 118 Å². The van der Waals surface area contributed by atoms with Crippen LogP contribution in [0.1, 0.15) is 24.2 Å². The van der Waals surface area contributed by atoms with Crippen LogP contribution in [0.15, 0.2) is 81.9 Å². The van der Waals surface area contributed by atoms with E-state index < -0.39 is 16.9 Å². The van der Waals surface area contributed by atoms with Gasteiger partial charge in [-0.2, -0.15) is 0 Å². The normalized spacial score (nSPS) is 15.1. The number of non-ortho nitro benzene ring substituents is 1. The topological polar surface area (TPSA) is 118 Å². The number of nitro groups is 1. The summed E-state index contributed by atoms with van der Waals surface area (Å²) < 4.78 is 14.2. The van der Waals surface area contributed by atoms with E-state index in [0.29, 0.717) is 42.7 Å². The lowest BCUT2D eigenvalue weighted by molar-refractivity contribution is -0.384. The summed E-state index contributed by atoms with van der Waals surface area (Å²) in [4.78, 5) is 42.3. The highest BCUT2D eigenvalue weighted by Gasteiger charge is 2.35. The van der Waals surface area contributed by atoms with Crippen LogP contribution >= 0.6 is 22.9 Å². The van der Waals surface area contributed by atoms with Crippen molar-refractivity contribution >= 4 is 40.7 Å². The maximum absolute atomic E-state index is 13.9. The van der Waals surface area contributed by atoms with Crippen LogP contribution in [0, 0.1) is 10.1 Å². The molecule has 10 nitrogen and oxygen atoms in total. The van der Waals surface area contributed by atoms with Crippen LogP contribution < -0.4 is 19.6 Å². The van der Waals surface area contributed by atoms with Crippen molar-refractivity contribution in [2.24, 2.45) is 4.99 Å². The molecule has 0 bridgehead atoms. The molecule has 12 heteroatoms. The number of nitrogens with zero attached hydrogens (tertiary/aromatic N) is 4. The first-order chi connectivity index (χ1) is 18.7. The van der Waals surface area contributed by atoms with Crippen molar-refractivity contribution < 1.29 is 19.2 Å². The van der Waals surface area contributed by atoms with Gasteiger partial charge in [0.25, 0.3) is 11.2 Å². The fraction of sp³-hybridized carbons (Fsp3) is 0.148. The number of ether oxygens (including phenoxy) is 2. The molecule has 5 rings (SSSR count). The fourth-order valence-corrected chi connectivity index (χ4v) is 5.73. The molecule has 198 valence electrons. The number of aromatic nitrogens is 2. The lowest BCUT2D eigenvalue weighted by Crippen LogP contribution is -2.40. The van der Waals surface area contributed by atoms with Crippen LogP contribution in [0.4, 0.5) is 5.69 Å². The number of hydrogen-bond donors (Lipinski definition) is 0. The second kappa shape index (κ2) is 10.4. The predicted molar refractivity (Wildman–Crippen MR) is 146 cm³/mol. The molecule has 0 fully saturated rings. The Kier molecular flexibility index (Phi) is 6.94. The summed E-state index contributed by atoms with van der Waals surface area (Å²) in [6.07, 6.45) is 3.51. The first-order valence-electron chi connectivity index (χ1n) is 11.6. The zero-order valence-corrected chi connectivity index (χ0v) is 22.5. The molecule has 0 amide bonds. The van der Waals surface area contributed by atoms with Gasteiger partial charge in [-0.1, -0.05) is 22.9 Å². The van der Waals surface area contributed by atoms with E-state index in [0.717, 1.165) is 0 Å². The summed E-state index contributed by atoms with van der Waals surface area (Å²) in [5.41, 5.74) is 2.11. The van der Waals surface area contributed by atoms with Crippen LogP contribution in [-0.2, 0) is 9.53 Å². The minimum absolute atomic E-state index is 0.0195. The molecular weight excluding hydrogens is 544 g/mol. The highest BCUT2D eigenvalue weighted by Crippen LogP contribution is 2.37. The third kappa shape index (κ3) is 4.66. The number of allylic oxidation sites excluding steroid dienone is 1. The molecule has 0 aliphatic carbocycles. The molecule has 0 unspecified atom stereocenters.